The highest BCUT2D eigenvalue weighted by molar-refractivity contribution is 7.62. The van der Waals surface area contributed by atoms with Crippen LogP contribution in [0.2, 0.25) is 0 Å². The summed E-state index contributed by atoms with van der Waals surface area (Å²) in [6.45, 7) is 33.4. The molecular weight excluding hydrogens is 410 g/mol. The van der Waals surface area contributed by atoms with Crippen molar-refractivity contribution in [2.24, 2.45) is 29.6 Å². The Kier molecular flexibility index (Phi) is 9.27. The summed E-state index contributed by atoms with van der Waals surface area (Å²) in [6.07, 6.45) is 8.92. The van der Waals surface area contributed by atoms with Crippen molar-refractivity contribution in [2.45, 2.75) is 148 Å². The zero-order chi connectivity index (χ0) is 23.9. The van der Waals surface area contributed by atoms with Gasteiger partial charge in [0.15, 0.2) is 0 Å². The molecule has 2 fully saturated rings. The van der Waals surface area contributed by atoms with Crippen LogP contribution in [0.4, 0.5) is 0 Å². The summed E-state index contributed by atoms with van der Waals surface area (Å²) in [4.78, 5) is 0. The number of hydrogen-bond donors (Lipinski definition) is 0. The Balaban J connectivity index is 2.42. The van der Waals surface area contributed by atoms with E-state index in [1.807, 2.05) is 0 Å². The average Bonchev–Trinajstić information content (AvgIpc) is 2.57. The largest absolute Gasteiger partial charge is 0.103 e. The van der Waals surface area contributed by atoms with Crippen molar-refractivity contribution >= 4 is 15.8 Å². The number of hydrogen-bond acceptors (Lipinski definition) is 0. The Morgan fingerprint density at radius 2 is 1.26 bits per heavy atom. The lowest BCUT2D eigenvalue weighted by atomic mass is 9.76. The second kappa shape index (κ2) is 10.2. The van der Waals surface area contributed by atoms with E-state index in [1.54, 1.807) is 0 Å². The Hall–Kier alpha value is 0.860. The standard InChI is InChI=1S/C29H58P2/c1-20(2)23-15-14-22(5)18-25(23)30(13)26-19-29(12,17-16-24(26)21(3)4)31(27(6,7)8)28(9,10)11/h20-26H,14-19H2,1-13H3. The normalized spacial score (nSPS) is 37.0. The molecule has 2 aliphatic carbocycles. The molecule has 184 valence electrons. The molecule has 0 N–H and O–H groups in total. The fourth-order valence-electron chi connectivity index (χ4n) is 8.29. The van der Waals surface area contributed by atoms with Gasteiger partial charge in [-0.25, -0.2) is 0 Å². The van der Waals surface area contributed by atoms with E-state index >= 15 is 0 Å². The molecule has 0 aromatic heterocycles. The van der Waals surface area contributed by atoms with E-state index < -0.39 is 0 Å². The van der Waals surface area contributed by atoms with Crippen LogP contribution in [0.5, 0.6) is 0 Å². The zero-order valence-corrected chi connectivity index (χ0v) is 25.5. The molecule has 0 aliphatic heterocycles. The maximum atomic E-state index is 2.76. The Bertz CT molecular complexity index is 552. The quantitative estimate of drug-likeness (QED) is 0.352. The van der Waals surface area contributed by atoms with Crippen molar-refractivity contribution in [1.29, 1.82) is 0 Å². The smallest absolute Gasteiger partial charge is 0.0107 e. The molecule has 0 amide bonds. The van der Waals surface area contributed by atoms with Crippen molar-refractivity contribution in [3.05, 3.63) is 0 Å². The van der Waals surface area contributed by atoms with E-state index in [1.165, 1.54) is 38.5 Å². The van der Waals surface area contributed by atoms with Crippen LogP contribution in [-0.2, 0) is 0 Å². The van der Waals surface area contributed by atoms with Gasteiger partial charge in [-0.05, 0) is 95.1 Å². The minimum atomic E-state index is -0.0721. The molecule has 0 aromatic carbocycles. The molecule has 0 spiro atoms. The van der Waals surface area contributed by atoms with E-state index in [4.69, 9.17) is 0 Å². The zero-order valence-electron chi connectivity index (χ0n) is 23.7. The second-order valence-corrected chi connectivity index (χ2v) is 21.5. The molecular formula is C29H58P2. The molecule has 2 aliphatic rings. The fourth-order valence-corrected chi connectivity index (χ4v) is 18.5. The fraction of sp³-hybridized carbons (Fsp3) is 1.00. The molecule has 0 aromatic rings. The molecule has 0 heterocycles. The van der Waals surface area contributed by atoms with Crippen LogP contribution < -0.4 is 0 Å². The second-order valence-electron chi connectivity index (χ2n) is 14.5. The van der Waals surface area contributed by atoms with Crippen LogP contribution in [-0.4, -0.2) is 33.5 Å². The van der Waals surface area contributed by atoms with Crippen LogP contribution in [0, 0.1) is 29.6 Å². The average molecular weight is 469 g/mol. The van der Waals surface area contributed by atoms with E-state index in [-0.39, 0.29) is 15.8 Å². The molecule has 2 saturated carbocycles. The van der Waals surface area contributed by atoms with Gasteiger partial charge in [-0.15, -0.1) is 7.92 Å². The monoisotopic (exact) mass is 468 g/mol. The SMILES string of the molecule is CC1CCC(C(C)C)C(P(C)C2CC(C)(P(C(C)(C)C)C(C)(C)C)CCC2C(C)C)C1. The predicted octanol–water partition coefficient (Wildman–Crippen LogP) is 10.2. The van der Waals surface area contributed by atoms with Gasteiger partial charge in [0.05, 0.1) is 0 Å². The molecule has 0 radical (unpaired) electrons. The molecule has 31 heavy (non-hydrogen) atoms. The van der Waals surface area contributed by atoms with Crippen LogP contribution >= 0.6 is 15.8 Å². The van der Waals surface area contributed by atoms with Crippen LogP contribution in [0.25, 0.3) is 0 Å². The summed E-state index contributed by atoms with van der Waals surface area (Å²) < 4.78 is 0. The minimum absolute atomic E-state index is 0.0684. The highest BCUT2D eigenvalue weighted by Gasteiger charge is 2.52. The summed E-state index contributed by atoms with van der Waals surface area (Å²) in [6, 6.07) is 0. The molecule has 0 bridgehead atoms. The minimum Gasteiger partial charge on any atom is -0.103 e. The van der Waals surface area contributed by atoms with Crippen molar-refractivity contribution in [3.63, 3.8) is 0 Å². The highest BCUT2D eigenvalue weighted by Crippen LogP contribution is 2.73. The van der Waals surface area contributed by atoms with Gasteiger partial charge in [-0.3, -0.25) is 0 Å². The van der Waals surface area contributed by atoms with Gasteiger partial charge >= 0.3 is 0 Å². The lowest BCUT2D eigenvalue weighted by Crippen LogP contribution is -2.47. The van der Waals surface area contributed by atoms with Gasteiger partial charge in [-0.1, -0.05) is 97.4 Å². The van der Waals surface area contributed by atoms with Crippen LogP contribution in [0.3, 0.4) is 0 Å². The molecule has 7 unspecified atom stereocenters. The first-order valence-electron chi connectivity index (χ1n) is 13.5. The third-order valence-electron chi connectivity index (χ3n) is 8.93. The van der Waals surface area contributed by atoms with E-state index in [0.29, 0.717) is 15.5 Å². The lowest BCUT2D eigenvalue weighted by molar-refractivity contribution is 0.228. The summed E-state index contributed by atoms with van der Waals surface area (Å²) in [5.41, 5.74) is 1.97. The third kappa shape index (κ3) is 6.50. The van der Waals surface area contributed by atoms with Crippen molar-refractivity contribution < 1.29 is 0 Å². The summed E-state index contributed by atoms with van der Waals surface area (Å²) in [7, 11) is -0.00368. The molecule has 0 saturated heterocycles. The summed E-state index contributed by atoms with van der Waals surface area (Å²) in [5, 5.41) is 1.38. The van der Waals surface area contributed by atoms with E-state index in [2.05, 4.69) is 89.7 Å². The predicted molar refractivity (Wildman–Crippen MR) is 149 cm³/mol. The van der Waals surface area contributed by atoms with E-state index in [0.717, 1.165) is 40.9 Å². The van der Waals surface area contributed by atoms with Crippen molar-refractivity contribution in [3.8, 4) is 0 Å². The summed E-state index contributed by atoms with van der Waals surface area (Å²) in [5.74, 6) is 4.56. The summed E-state index contributed by atoms with van der Waals surface area (Å²) >= 11 is 0. The Labute approximate surface area is 200 Å². The lowest BCUT2D eigenvalue weighted by Gasteiger charge is -2.58. The van der Waals surface area contributed by atoms with Crippen LogP contribution in [0.1, 0.15) is 122 Å². The first kappa shape index (κ1) is 28.1. The van der Waals surface area contributed by atoms with Gasteiger partial charge in [0.25, 0.3) is 0 Å². The van der Waals surface area contributed by atoms with Gasteiger partial charge in [0, 0.05) is 0 Å². The maximum Gasteiger partial charge on any atom is -0.0107 e. The maximum absolute atomic E-state index is 2.76. The Morgan fingerprint density at radius 3 is 1.71 bits per heavy atom. The molecule has 7 atom stereocenters. The van der Waals surface area contributed by atoms with Crippen LogP contribution in [0.15, 0.2) is 0 Å². The van der Waals surface area contributed by atoms with Gasteiger partial charge in [-0.2, -0.15) is 0 Å². The van der Waals surface area contributed by atoms with Crippen molar-refractivity contribution in [1.82, 2.24) is 0 Å². The Morgan fingerprint density at radius 1 is 0.774 bits per heavy atom. The van der Waals surface area contributed by atoms with Crippen molar-refractivity contribution in [2.75, 3.05) is 6.66 Å². The molecule has 2 heteroatoms. The highest BCUT2D eigenvalue weighted by atomic mass is 31.1. The van der Waals surface area contributed by atoms with Gasteiger partial charge in [0.2, 0.25) is 0 Å². The topological polar surface area (TPSA) is 0 Å². The van der Waals surface area contributed by atoms with Gasteiger partial charge in [0.1, 0.15) is 0 Å². The molecule has 2 rings (SSSR count). The molecule has 0 nitrogen and oxygen atoms in total. The first-order valence-corrected chi connectivity index (χ1v) is 16.8. The van der Waals surface area contributed by atoms with E-state index in [9.17, 15) is 0 Å². The van der Waals surface area contributed by atoms with Gasteiger partial charge < -0.3 is 0 Å². The number of rotatable bonds is 5. The third-order valence-corrected chi connectivity index (χ3v) is 16.4. The first-order chi connectivity index (χ1) is 14.0.